The normalized spacial score (nSPS) is 17.5. The third-order valence-electron chi connectivity index (χ3n) is 2.78. The van der Waals surface area contributed by atoms with Crippen LogP contribution in [-0.2, 0) is 4.74 Å². The number of ether oxygens (including phenoxy) is 1. The minimum Gasteiger partial charge on any atom is -0.465 e. The Hall–Kier alpha value is -1.10. The van der Waals surface area contributed by atoms with Gasteiger partial charge in [0.2, 0.25) is 0 Å². The van der Waals surface area contributed by atoms with Crippen LogP contribution in [-0.4, -0.2) is 31.2 Å². The van der Waals surface area contributed by atoms with Gasteiger partial charge in [-0.3, -0.25) is 0 Å². The smallest absolute Gasteiger partial charge is 0.339 e. The van der Waals surface area contributed by atoms with Gasteiger partial charge in [-0.25, -0.2) is 9.78 Å². The molecule has 5 heteroatoms. The first kappa shape index (κ1) is 12.4. The number of halogens is 1. The molecule has 1 aliphatic rings. The molecule has 0 spiro atoms. The van der Waals surface area contributed by atoms with Crippen LogP contribution in [0.15, 0.2) is 16.7 Å². The second-order valence-corrected chi connectivity index (χ2v) is 5.90. The number of aromatic nitrogens is 1. The van der Waals surface area contributed by atoms with Gasteiger partial charge in [-0.2, -0.15) is 0 Å². The van der Waals surface area contributed by atoms with E-state index in [1.165, 1.54) is 7.11 Å². The molecule has 0 saturated carbocycles. The summed E-state index contributed by atoms with van der Waals surface area (Å²) in [5.74, 6) is 0.519. The molecular weight excluding hydrogens is 284 g/mol. The van der Waals surface area contributed by atoms with E-state index in [1.54, 1.807) is 12.3 Å². The molecule has 4 nitrogen and oxygen atoms in total. The molecule has 0 N–H and O–H groups in total. The third-order valence-corrected chi connectivity index (χ3v) is 3.36. The van der Waals surface area contributed by atoms with Crippen LogP contribution in [0.25, 0.3) is 0 Å². The van der Waals surface area contributed by atoms with Crippen molar-refractivity contribution in [1.29, 1.82) is 0 Å². The molecule has 0 amide bonds. The number of esters is 1. The second-order valence-electron chi connectivity index (χ2n) is 5.04. The van der Waals surface area contributed by atoms with Crippen LogP contribution in [0.2, 0.25) is 0 Å². The van der Waals surface area contributed by atoms with E-state index < -0.39 is 0 Å². The quantitative estimate of drug-likeness (QED) is 0.787. The Morgan fingerprint density at radius 3 is 2.65 bits per heavy atom. The summed E-state index contributed by atoms with van der Waals surface area (Å²) in [6.07, 6.45) is 1.55. The fourth-order valence-corrected chi connectivity index (χ4v) is 2.63. The van der Waals surface area contributed by atoms with E-state index in [9.17, 15) is 4.79 Å². The average Bonchev–Trinajstić information content (AvgIpc) is 2.24. The minimum absolute atomic E-state index is 0.349. The maximum atomic E-state index is 11.3. The number of carbonyl (C=O) groups is 1. The monoisotopic (exact) mass is 298 g/mol. The number of rotatable bonds is 2. The van der Waals surface area contributed by atoms with E-state index in [4.69, 9.17) is 0 Å². The molecule has 1 saturated heterocycles. The first-order chi connectivity index (χ1) is 7.93. The van der Waals surface area contributed by atoms with Crippen molar-refractivity contribution in [3.05, 3.63) is 22.3 Å². The molecule has 1 fully saturated rings. The Morgan fingerprint density at radius 2 is 2.18 bits per heavy atom. The second kappa shape index (κ2) is 4.29. The van der Waals surface area contributed by atoms with Crippen LogP contribution >= 0.6 is 15.9 Å². The lowest BCUT2D eigenvalue weighted by Crippen LogP contribution is -2.53. The van der Waals surface area contributed by atoms with Crippen molar-refractivity contribution in [2.45, 2.75) is 13.8 Å². The van der Waals surface area contributed by atoms with Gasteiger partial charge < -0.3 is 9.64 Å². The fourth-order valence-electron chi connectivity index (χ4n) is 2.03. The summed E-state index contributed by atoms with van der Waals surface area (Å²) in [5, 5.41) is 0. The fraction of sp³-hybridized carbons (Fsp3) is 0.500. The third kappa shape index (κ3) is 2.44. The Kier molecular flexibility index (Phi) is 3.12. The van der Waals surface area contributed by atoms with Crippen LogP contribution < -0.4 is 4.90 Å². The zero-order valence-electron chi connectivity index (χ0n) is 10.2. The summed E-state index contributed by atoms with van der Waals surface area (Å²) in [7, 11) is 1.36. The van der Waals surface area contributed by atoms with Crippen LogP contribution in [0.5, 0.6) is 0 Å². The number of hydrogen-bond acceptors (Lipinski definition) is 4. The predicted molar refractivity (Wildman–Crippen MR) is 69.3 cm³/mol. The van der Waals surface area contributed by atoms with Crippen molar-refractivity contribution < 1.29 is 9.53 Å². The number of hydrogen-bond donors (Lipinski definition) is 0. The number of nitrogens with zero attached hydrogens (tertiary/aromatic N) is 2. The van der Waals surface area contributed by atoms with Crippen molar-refractivity contribution in [1.82, 2.24) is 4.98 Å². The van der Waals surface area contributed by atoms with Crippen LogP contribution in [0, 0.1) is 5.41 Å². The highest BCUT2D eigenvalue weighted by atomic mass is 79.9. The summed E-state index contributed by atoms with van der Waals surface area (Å²) >= 11 is 3.45. The lowest BCUT2D eigenvalue weighted by Gasteiger charge is -2.46. The predicted octanol–water partition coefficient (Wildman–Crippen LogP) is 2.48. The molecule has 0 unspecified atom stereocenters. The molecule has 1 aromatic heterocycles. The highest BCUT2D eigenvalue weighted by Gasteiger charge is 2.35. The van der Waals surface area contributed by atoms with E-state index in [-0.39, 0.29) is 5.97 Å². The summed E-state index contributed by atoms with van der Waals surface area (Å²) in [6.45, 7) is 6.41. The molecule has 1 aromatic rings. The van der Waals surface area contributed by atoms with E-state index in [0.29, 0.717) is 11.0 Å². The van der Waals surface area contributed by atoms with Gasteiger partial charge in [0.15, 0.2) is 0 Å². The van der Waals surface area contributed by atoms with E-state index in [1.807, 2.05) is 0 Å². The molecule has 0 aliphatic carbocycles. The largest absolute Gasteiger partial charge is 0.465 e. The van der Waals surface area contributed by atoms with Crippen molar-refractivity contribution in [3.8, 4) is 0 Å². The maximum Gasteiger partial charge on any atom is 0.339 e. The van der Waals surface area contributed by atoms with Gasteiger partial charge in [0, 0.05) is 19.3 Å². The highest BCUT2D eigenvalue weighted by Crippen LogP contribution is 2.36. The zero-order chi connectivity index (χ0) is 12.6. The lowest BCUT2D eigenvalue weighted by molar-refractivity contribution is 0.0600. The summed E-state index contributed by atoms with van der Waals surface area (Å²) in [5.41, 5.74) is 0.810. The average molecular weight is 299 g/mol. The van der Waals surface area contributed by atoms with Crippen molar-refractivity contribution in [2.75, 3.05) is 25.1 Å². The molecule has 17 heavy (non-hydrogen) atoms. The molecule has 1 aliphatic heterocycles. The zero-order valence-corrected chi connectivity index (χ0v) is 11.7. The van der Waals surface area contributed by atoms with Gasteiger partial charge in [0.1, 0.15) is 5.82 Å². The van der Waals surface area contributed by atoms with E-state index in [0.717, 1.165) is 23.4 Å². The first-order valence-electron chi connectivity index (χ1n) is 5.42. The molecule has 2 heterocycles. The van der Waals surface area contributed by atoms with Crippen molar-refractivity contribution in [3.63, 3.8) is 0 Å². The van der Waals surface area contributed by atoms with E-state index >= 15 is 0 Å². The summed E-state index contributed by atoms with van der Waals surface area (Å²) in [6, 6.07) is 1.75. The van der Waals surface area contributed by atoms with Crippen molar-refractivity contribution >= 4 is 27.7 Å². The Bertz CT molecular complexity index is 452. The van der Waals surface area contributed by atoms with Crippen LogP contribution in [0.1, 0.15) is 24.2 Å². The van der Waals surface area contributed by atoms with Gasteiger partial charge >= 0.3 is 5.97 Å². The molecule has 0 aromatic carbocycles. The van der Waals surface area contributed by atoms with Gasteiger partial charge in [0.05, 0.1) is 17.1 Å². The first-order valence-corrected chi connectivity index (χ1v) is 6.21. The van der Waals surface area contributed by atoms with Crippen LogP contribution in [0.3, 0.4) is 0 Å². The summed E-state index contributed by atoms with van der Waals surface area (Å²) < 4.78 is 5.48. The SMILES string of the molecule is COC(=O)c1cnc(N2CC(C)(C)C2)c(Br)c1. The van der Waals surface area contributed by atoms with Gasteiger partial charge in [-0.15, -0.1) is 0 Å². The topological polar surface area (TPSA) is 42.4 Å². The lowest BCUT2D eigenvalue weighted by atomic mass is 9.84. The highest BCUT2D eigenvalue weighted by molar-refractivity contribution is 9.10. The minimum atomic E-state index is -0.367. The number of methoxy groups -OCH3 is 1. The number of anilines is 1. The summed E-state index contributed by atoms with van der Waals surface area (Å²) in [4.78, 5) is 17.8. The molecule has 2 rings (SSSR count). The maximum absolute atomic E-state index is 11.3. The number of carbonyl (C=O) groups excluding carboxylic acids is 1. The van der Waals surface area contributed by atoms with E-state index in [2.05, 4.69) is 44.4 Å². The van der Waals surface area contributed by atoms with Gasteiger partial charge in [-0.1, -0.05) is 13.8 Å². The molecule has 0 radical (unpaired) electrons. The number of pyridine rings is 1. The Balaban J connectivity index is 2.19. The Labute approximate surface area is 109 Å². The van der Waals surface area contributed by atoms with Crippen LogP contribution in [0.4, 0.5) is 5.82 Å². The molecule has 92 valence electrons. The van der Waals surface area contributed by atoms with Crippen molar-refractivity contribution in [2.24, 2.45) is 5.41 Å². The Morgan fingerprint density at radius 1 is 1.53 bits per heavy atom. The molecular formula is C12H15BrN2O2. The van der Waals surface area contributed by atoms with Gasteiger partial charge in [-0.05, 0) is 27.4 Å². The standard InChI is InChI=1S/C12H15BrN2O2/c1-12(2)6-15(7-12)10-9(13)4-8(5-14-10)11(16)17-3/h4-5H,6-7H2,1-3H3. The molecule has 0 bridgehead atoms. The molecule has 0 atom stereocenters. The van der Waals surface area contributed by atoms with Gasteiger partial charge in [0.25, 0.3) is 0 Å².